The van der Waals surface area contributed by atoms with E-state index in [-0.39, 0.29) is 20.4 Å². The Morgan fingerprint density at radius 2 is 1.29 bits per heavy atom. The van der Waals surface area contributed by atoms with Gasteiger partial charge in [-0.2, -0.15) is 0 Å². The molecule has 0 fully saturated rings. The van der Waals surface area contributed by atoms with Gasteiger partial charge in [0.15, 0.2) is 0 Å². The molecule has 3 nitrogen and oxygen atoms in total. The van der Waals surface area contributed by atoms with E-state index >= 15 is 0 Å². The van der Waals surface area contributed by atoms with E-state index in [2.05, 4.69) is 4.94 Å². The SMILES string of the molecule is C.C.Cc1ccc(C(=O)OF)cc1.Cc1ccc(N)cc1. The lowest BCUT2D eigenvalue weighted by atomic mass is 10.2. The number of carbonyl (C=O) groups excluding carboxylic acids is 1. The summed E-state index contributed by atoms with van der Waals surface area (Å²) in [6.45, 7) is 3.92. The second kappa shape index (κ2) is 10.4. The fourth-order valence-corrected chi connectivity index (χ4v) is 1.30. The maximum Gasteiger partial charge on any atom is 0.379 e. The summed E-state index contributed by atoms with van der Waals surface area (Å²) in [5.74, 6) is -0.954. The molecule has 0 saturated heterocycles. The number of benzene rings is 2. The Morgan fingerprint density at radius 3 is 1.62 bits per heavy atom. The van der Waals surface area contributed by atoms with Crippen molar-refractivity contribution in [3.63, 3.8) is 0 Å². The van der Waals surface area contributed by atoms with E-state index in [4.69, 9.17) is 5.73 Å². The number of halogens is 1. The van der Waals surface area contributed by atoms with Gasteiger partial charge in [0.25, 0.3) is 0 Å². The van der Waals surface area contributed by atoms with Crippen LogP contribution in [0.1, 0.15) is 36.3 Å². The first-order valence-corrected chi connectivity index (χ1v) is 5.74. The van der Waals surface area contributed by atoms with Crippen LogP contribution in [-0.2, 0) is 4.94 Å². The van der Waals surface area contributed by atoms with Gasteiger partial charge in [-0.1, -0.05) is 50.2 Å². The highest BCUT2D eigenvalue weighted by atomic mass is 19.3. The number of nitrogen functional groups attached to an aromatic ring is 1. The second-order valence-corrected chi connectivity index (χ2v) is 4.14. The van der Waals surface area contributed by atoms with Crippen LogP contribution in [0.15, 0.2) is 48.5 Å². The summed E-state index contributed by atoms with van der Waals surface area (Å²) in [4.78, 5) is 13.6. The molecule has 2 aromatic rings. The standard InChI is InChI=1S/C8H7FO2.C7H9N.2CH4/c1-6-2-4-7(5-3-6)8(10)11-9;1-6-2-4-7(8)5-3-6;;/h2-5H,1H3;2-5H,8H2,1H3;2*1H4. The number of nitrogens with two attached hydrogens (primary N) is 1. The summed E-state index contributed by atoms with van der Waals surface area (Å²) < 4.78 is 11.3. The second-order valence-electron chi connectivity index (χ2n) is 4.14. The molecule has 0 atom stereocenters. The zero-order valence-corrected chi connectivity index (χ0v) is 10.9. The zero-order valence-electron chi connectivity index (χ0n) is 10.9. The van der Waals surface area contributed by atoms with Gasteiger partial charge in [0.2, 0.25) is 0 Å². The minimum atomic E-state index is -0.954. The maximum atomic E-state index is 11.3. The fraction of sp³-hybridized carbons (Fsp3) is 0.235. The molecule has 0 aromatic heterocycles. The predicted octanol–water partition coefficient (Wildman–Crippen LogP) is 4.89. The topological polar surface area (TPSA) is 52.3 Å². The van der Waals surface area contributed by atoms with Crippen LogP contribution in [0.25, 0.3) is 0 Å². The summed E-state index contributed by atoms with van der Waals surface area (Å²) in [7, 11) is 0. The van der Waals surface area contributed by atoms with Gasteiger partial charge in [-0.05, 0) is 38.1 Å². The Labute approximate surface area is 126 Å². The largest absolute Gasteiger partial charge is 0.399 e. The number of hydrogen-bond donors (Lipinski definition) is 1. The van der Waals surface area contributed by atoms with Crippen LogP contribution < -0.4 is 5.73 Å². The zero-order chi connectivity index (χ0) is 14.3. The molecule has 0 spiro atoms. The molecule has 0 aliphatic rings. The molecule has 0 radical (unpaired) electrons. The number of carbonyl (C=O) groups is 1. The van der Waals surface area contributed by atoms with Crippen LogP contribution >= 0.6 is 0 Å². The molecule has 0 heterocycles. The van der Waals surface area contributed by atoms with Gasteiger partial charge in [-0.25, -0.2) is 9.74 Å². The molecule has 4 heteroatoms. The predicted molar refractivity (Wildman–Crippen MR) is 86.8 cm³/mol. The van der Waals surface area contributed by atoms with E-state index in [1.807, 2.05) is 38.1 Å². The van der Waals surface area contributed by atoms with Crippen LogP contribution in [0.4, 0.5) is 10.2 Å². The summed E-state index contributed by atoms with van der Waals surface area (Å²) >= 11 is 0. The molecule has 21 heavy (non-hydrogen) atoms. The van der Waals surface area contributed by atoms with E-state index in [1.54, 1.807) is 12.1 Å². The Hall–Kier alpha value is -2.36. The summed E-state index contributed by atoms with van der Waals surface area (Å²) in [6, 6.07) is 14.2. The van der Waals surface area contributed by atoms with Crippen molar-refractivity contribution in [1.29, 1.82) is 0 Å². The van der Waals surface area contributed by atoms with Gasteiger partial charge < -0.3 is 5.73 Å². The van der Waals surface area contributed by atoms with Crippen molar-refractivity contribution in [1.82, 2.24) is 0 Å². The molecule has 2 N–H and O–H groups in total. The summed E-state index contributed by atoms with van der Waals surface area (Å²) in [5, 5.41) is 0. The third kappa shape index (κ3) is 7.72. The van der Waals surface area contributed by atoms with Crippen molar-refractivity contribution >= 4 is 11.7 Å². The van der Waals surface area contributed by atoms with Crippen LogP contribution in [-0.4, -0.2) is 5.97 Å². The van der Waals surface area contributed by atoms with E-state index in [0.717, 1.165) is 11.3 Å². The average molecular weight is 293 g/mol. The molecular formula is C17H24FNO2. The van der Waals surface area contributed by atoms with Gasteiger partial charge in [0.05, 0.1) is 5.56 Å². The number of aryl methyl sites for hydroxylation is 2. The van der Waals surface area contributed by atoms with Gasteiger partial charge in [0, 0.05) is 10.2 Å². The highest BCUT2D eigenvalue weighted by molar-refractivity contribution is 5.88. The van der Waals surface area contributed by atoms with Gasteiger partial charge in [-0.3, -0.25) is 0 Å². The number of anilines is 1. The Kier molecular flexibility index (Phi) is 10.4. The normalized spacial score (nSPS) is 8.33. The van der Waals surface area contributed by atoms with Crippen molar-refractivity contribution in [3.05, 3.63) is 65.2 Å². The van der Waals surface area contributed by atoms with Crippen molar-refractivity contribution in [2.24, 2.45) is 0 Å². The van der Waals surface area contributed by atoms with Crippen LogP contribution in [0.5, 0.6) is 0 Å². The van der Waals surface area contributed by atoms with Crippen LogP contribution in [0.3, 0.4) is 0 Å². The highest BCUT2D eigenvalue weighted by Gasteiger charge is 2.05. The van der Waals surface area contributed by atoms with E-state index < -0.39 is 5.97 Å². The molecule has 0 bridgehead atoms. The molecule has 0 aliphatic heterocycles. The van der Waals surface area contributed by atoms with Crippen molar-refractivity contribution in [2.75, 3.05) is 5.73 Å². The van der Waals surface area contributed by atoms with E-state index in [9.17, 15) is 9.32 Å². The maximum absolute atomic E-state index is 11.3. The minimum Gasteiger partial charge on any atom is -0.399 e. The Balaban J connectivity index is 0. The first kappa shape index (κ1) is 20.9. The smallest absolute Gasteiger partial charge is 0.379 e. The lowest BCUT2D eigenvalue weighted by Crippen LogP contribution is -1.97. The lowest BCUT2D eigenvalue weighted by molar-refractivity contribution is -0.0788. The molecule has 2 rings (SSSR count). The first-order chi connectivity index (χ1) is 9.02. The van der Waals surface area contributed by atoms with Crippen molar-refractivity contribution < 1.29 is 14.3 Å². The number of hydrogen-bond acceptors (Lipinski definition) is 3. The fourth-order valence-electron chi connectivity index (χ4n) is 1.30. The highest BCUT2D eigenvalue weighted by Crippen LogP contribution is 2.04. The molecular weight excluding hydrogens is 269 g/mol. The Bertz CT molecular complexity index is 500. The third-order valence-corrected chi connectivity index (χ3v) is 2.43. The van der Waals surface area contributed by atoms with E-state index in [1.165, 1.54) is 17.7 Å². The summed E-state index contributed by atoms with van der Waals surface area (Å²) in [5.41, 5.74) is 8.74. The van der Waals surface area contributed by atoms with E-state index in [0.29, 0.717) is 0 Å². The molecule has 116 valence electrons. The molecule has 0 amide bonds. The number of rotatable bonds is 1. The van der Waals surface area contributed by atoms with Crippen molar-refractivity contribution in [2.45, 2.75) is 28.7 Å². The van der Waals surface area contributed by atoms with Gasteiger partial charge >= 0.3 is 5.97 Å². The third-order valence-electron chi connectivity index (χ3n) is 2.43. The molecule has 0 saturated carbocycles. The molecule has 0 aliphatic carbocycles. The monoisotopic (exact) mass is 293 g/mol. The first-order valence-electron chi connectivity index (χ1n) is 5.74. The minimum absolute atomic E-state index is 0. The summed E-state index contributed by atoms with van der Waals surface area (Å²) in [6.07, 6.45) is 0. The van der Waals surface area contributed by atoms with Crippen LogP contribution in [0, 0.1) is 13.8 Å². The quantitative estimate of drug-likeness (QED) is 0.762. The van der Waals surface area contributed by atoms with Crippen molar-refractivity contribution in [3.8, 4) is 0 Å². The van der Waals surface area contributed by atoms with Gasteiger partial charge in [-0.15, -0.1) is 0 Å². The molecule has 2 aromatic carbocycles. The lowest BCUT2D eigenvalue weighted by Gasteiger charge is -1.94. The van der Waals surface area contributed by atoms with Crippen LogP contribution in [0.2, 0.25) is 0 Å². The average Bonchev–Trinajstić information content (AvgIpc) is 2.43. The Morgan fingerprint density at radius 1 is 0.905 bits per heavy atom. The molecule has 0 unspecified atom stereocenters. The van der Waals surface area contributed by atoms with Gasteiger partial charge in [0.1, 0.15) is 0 Å².